The number of benzene rings is 2. The van der Waals surface area contributed by atoms with Gasteiger partial charge in [-0.25, -0.2) is 9.37 Å². The molecule has 21 heavy (non-hydrogen) atoms. The number of fused-ring (bicyclic) bond motifs is 1. The smallest absolute Gasteiger partial charge is 0.205 e. The number of hydrogen-bond acceptors (Lipinski definition) is 4. The van der Waals surface area contributed by atoms with Crippen molar-refractivity contribution in [1.82, 2.24) is 9.97 Å². The lowest BCUT2D eigenvalue weighted by molar-refractivity contribution is 0.355. The summed E-state index contributed by atoms with van der Waals surface area (Å²) in [5.41, 5.74) is 2.12. The highest BCUT2D eigenvalue weighted by atomic mass is 19.1. The molecule has 1 aromatic heterocycles. The van der Waals surface area contributed by atoms with Crippen molar-refractivity contribution in [2.75, 3.05) is 19.5 Å². The zero-order chi connectivity index (χ0) is 14.8. The molecule has 1 heterocycles. The number of rotatable bonds is 4. The second-order valence-electron chi connectivity index (χ2n) is 4.44. The van der Waals surface area contributed by atoms with E-state index in [1.807, 2.05) is 6.07 Å². The van der Waals surface area contributed by atoms with E-state index in [2.05, 4.69) is 15.3 Å². The van der Waals surface area contributed by atoms with Crippen molar-refractivity contribution in [2.45, 2.75) is 0 Å². The first-order valence-corrected chi connectivity index (χ1v) is 6.34. The number of ether oxygens (including phenoxy) is 2. The van der Waals surface area contributed by atoms with Gasteiger partial charge in [0.15, 0.2) is 11.5 Å². The van der Waals surface area contributed by atoms with Crippen LogP contribution in [0.2, 0.25) is 0 Å². The van der Waals surface area contributed by atoms with Crippen LogP contribution in [0.3, 0.4) is 0 Å². The zero-order valence-corrected chi connectivity index (χ0v) is 11.6. The van der Waals surface area contributed by atoms with E-state index in [0.29, 0.717) is 28.5 Å². The van der Waals surface area contributed by atoms with Gasteiger partial charge >= 0.3 is 0 Å². The first-order valence-electron chi connectivity index (χ1n) is 6.34. The predicted octanol–water partition coefficient (Wildman–Crippen LogP) is 3.46. The van der Waals surface area contributed by atoms with Crippen molar-refractivity contribution in [3.63, 3.8) is 0 Å². The molecule has 0 unspecified atom stereocenters. The van der Waals surface area contributed by atoms with E-state index in [9.17, 15) is 4.39 Å². The van der Waals surface area contributed by atoms with Crippen molar-refractivity contribution < 1.29 is 13.9 Å². The van der Waals surface area contributed by atoms with Gasteiger partial charge in [-0.15, -0.1) is 0 Å². The number of aromatic amines is 1. The maximum Gasteiger partial charge on any atom is 0.205 e. The minimum absolute atomic E-state index is 0.302. The van der Waals surface area contributed by atoms with Gasteiger partial charge in [-0.3, -0.25) is 0 Å². The number of anilines is 2. The number of aromatic nitrogens is 2. The highest BCUT2D eigenvalue weighted by Gasteiger charge is 2.07. The molecule has 0 atom stereocenters. The molecule has 2 aromatic carbocycles. The van der Waals surface area contributed by atoms with E-state index < -0.39 is 0 Å². The Kier molecular flexibility index (Phi) is 3.35. The maximum atomic E-state index is 13.2. The largest absolute Gasteiger partial charge is 0.493 e. The van der Waals surface area contributed by atoms with Crippen LogP contribution in [0.4, 0.5) is 16.0 Å². The normalized spacial score (nSPS) is 10.6. The summed E-state index contributed by atoms with van der Waals surface area (Å²) in [5, 5.41) is 3.11. The number of nitrogens with zero attached hydrogens (tertiary/aromatic N) is 1. The second-order valence-corrected chi connectivity index (χ2v) is 4.44. The van der Waals surface area contributed by atoms with Crippen LogP contribution in [0, 0.1) is 5.82 Å². The highest BCUT2D eigenvalue weighted by Crippen LogP contribution is 2.31. The third-order valence-corrected chi connectivity index (χ3v) is 3.09. The molecule has 108 valence electrons. The average Bonchev–Trinajstić information content (AvgIpc) is 2.88. The summed E-state index contributed by atoms with van der Waals surface area (Å²) in [4.78, 5) is 7.36. The van der Waals surface area contributed by atoms with E-state index in [1.165, 1.54) is 12.1 Å². The number of nitrogens with one attached hydrogen (secondary N) is 2. The second kappa shape index (κ2) is 5.32. The Bertz CT molecular complexity index is 786. The Morgan fingerprint density at radius 1 is 1.05 bits per heavy atom. The number of halogens is 1. The summed E-state index contributed by atoms with van der Waals surface area (Å²) in [6, 6.07) is 9.84. The Labute approximate surface area is 120 Å². The topological polar surface area (TPSA) is 59.2 Å². The van der Waals surface area contributed by atoms with Gasteiger partial charge < -0.3 is 19.8 Å². The molecule has 3 rings (SSSR count). The molecule has 0 amide bonds. The minimum atomic E-state index is -0.302. The quantitative estimate of drug-likeness (QED) is 0.771. The Balaban J connectivity index is 1.91. The molecule has 5 nitrogen and oxygen atoms in total. The first-order chi connectivity index (χ1) is 10.2. The molecule has 0 bridgehead atoms. The lowest BCUT2D eigenvalue weighted by Gasteiger charge is -2.09. The Hall–Kier alpha value is -2.76. The van der Waals surface area contributed by atoms with Gasteiger partial charge in [-0.1, -0.05) is 0 Å². The van der Waals surface area contributed by atoms with Crippen LogP contribution in [0.1, 0.15) is 0 Å². The van der Waals surface area contributed by atoms with Crippen LogP contribution in [-0.4, -0.2) is 24.2 Å². The fourth-order valence-electron chi connectivity index (χ4n) is 2.09. The van der Waals surface area contributed by atoms with E-state index in [4.69, 9.17) is 9.47 Å². The molecule has 0 aliphatic carbocycles. The minimum Gasteiger partial charge on any atom is -0.493 e. The molecule has 0 radical (unpaired) electrons. The van der Waals surface area contributed by atoms with E-state index in [-0.39, 0.29) is 5.82 Å². The van der Waals surface area contributed by atoms with Crippen LogP contribution in [0.15, 0.2) is 36.4 Å². The van der Waals surface area contributed by atoms with Crippen LogP contribution in [-0.2, 0) is 0 Å². The average molecular weight is 287 g/mol. The van der Waals surface area contributed by atoms with Crippen LogP contribution >= 0.6 is 0 Å². The number of methoxy groups -OCH3 is 2. The Morgan fingerprint density at radius 2 is 1.86 bits per heavy atom. The van der Waals surface area contributed by atoms with Gasteiger partial charge in [0, 0.05) is 11.8 Å². The molecule has 6 heteroatoms. The molecule has 0 saturated carbocycles. The standard InChI is InChI=1S/C15H14FN3O2/c1-20-13-6-4-10(8-14(13)21-2)17-15-18-11-5-3-9(16)7-12(11)19-15/h3-8H,1-2H3,(H2,17,18,19). The van der Waals surface area contributed by atoms with E-state index in [0.717, 1.165) is 5.69 Å². The lowest BCUT2D eigenvalue weighted by Crippen LogP contribution is -1.95. The summed E-state index contributed by atoms with van der Waals surface area (Å²) in [7, 11) is 3.16. The molecule has 2 N–H and O–H groups in total. The summed E-state index contributed by atoms with van der Waals surface area (Å²) in [6.45, 7) is 0. The lowest BCUT2D eigenvalue weighted by atomic mass is 10.3. The molecular weight excluding hydrogens is 273 g/mol. The monoisotopic (exact) mass is 287 g/mol. The van der Waals surface area contributed by atoms with Crippen LogP contribution in [0.5, 0.6) is 11.5 Å². The molecule has 0 fully saturated rings. The molecule has 0 saturated heterocycles. The molecular formula is C15H14FN3O2. The van der Waals surface area contributed by atoms with Gasteiger partial charge in [0.25, 0.3) is 0 Å². The molecule has 0 aliphatic heterocycles. The first kappa shape index (κ1) is 13.2. The van der Waals surface area contributed by atoms with Crippen LogP contribution in [0.25, 0.3) is 11.0 Å². The number of hydrogen-bond donors (Lipinski definition) is 2. The maximum absolute atomic E-state index is 13.2. The molecule has 0 spiro atoms. The number of H-pyrrole nitrogens is 1. The SMILES string of the molecule is COc1ccc(Nc2nc3ccc(F)cc3[nH]2)cc1OC. The summed E-state index contributed by atoms with van der Waals surface area (Å²) in [6.07, 6.45) is 0. The van der Waals surface area contributed by atoms with Crippen molar-refractivity contribution in [3.8, 4) is 11.5 Å². The fraction of sp³-hybridized carbons (Fsp3) is 0.133. The van der Waals surface area contributed by atoms with Gasteiger partial charge in [0.1, 0.15) is 5.82 Å². The van der Waals surface area contributed by atoms with Gasteiger partial charge in [0.2, 0.25) is 5.95 Å². The van der Waals surface area contributed by atoms with Crippen molar-refractivity contribution >= 4 is 22.7 Å². The number of imidazole rings is 1. The van der Waals surface area contributed by atoms with E-state index in [1.54, 1.807) is 32.4 Å². The van der Waals surface area contributed by atoms with Crippen molar-refractivity contribution in [1.29, 1.82) is 0 Å². The molecule has 0 aliphatic rings. The fourth-order valence-corrected chi connectivity index (χ4v) is 2.09. The third kappa shape index (κ3) is 2.60. The van der Waals surface area contributed by atoms with Crippen molar-refractivity contribution in [2.24, 2.45) is 0 Å². The highest BCUT2D eigenvalue weighted by molar-refractivity contribution is 5.78. The summed E-state index contributed by atoms with van der Waals surface area (Å²) in [5.74, 6) is 1.49. The molecule has 3 aromatic rings. The van der Waals surface area contributed by atoms with Gasteiger partial charge in [-0.2, -0.15) is 0 Å². The van der Waals surface area contributed by atoms with E-state index >= 15 is 0 Å². The van der Waals surface area contributed by atoms with Crippen LogP contribution < -0.4 is 14.8 Å². The zero-order valence-electron chi connectivity index (χ0n) is 11.6. The third-order valence-electron chi connectivity index (χ3n) is 3.09. The Morgan fingerprint density at radius 3 is 2.62 bits per heavy atom. The summed E-state index contributed by atoms with van der Waals surface area (Å²) >= 11 is 0. The van der Waals surface area contributed by atoms with Crippen molar-refractivity contribution in [3.05, 3.63) is 42.2 Å². The van der Waals surface area contributed by atoms with Gasteiger partial charge in [0.05, 0.1) is 25.3 Å². The van der Waals surface area contributed by atoms with Gasteiger partial charge in [-0.05, 0) is 30.3 Å². The summed E-state index contributed by atoms with van der Waals surface area (Å²) < 4.78 is 23.6. The predicted molar refractivity (Wildman–Crippen MR) is 78.9 cm³/mol.